The van der Waals surface area contributed by atoms with Crippen molar-refractivity contribution in [2.45, 2.75) is 45.6 Å². The van der Waals surface area contributed by atoms with Crippen LogP contribution in [0.4, 0.5) is 16.2 Å². The van der Waals surface area contributed by atoms with E-state index in [1.807, 2.05) is 13.8 Å². The van der Waals surface area contributed by atoms with Crippen LogP contribution >= 0.6 is 0 Å². The molecule has 2 heterocycles. The van der Waals surface area contributed by atoms with Gasteiger partial charge in [0.25, 0.3) is 0 Å². The first-order chi connectivity index (χ1) is 15.4. The molecule has 9 nitrogen and oxygen atoms in total. The summed E-state index contributed by atoms with van der Waals surface area (Å²) in [6.45, 7) is 7.44. The highest BCUT2D eigenvalue weighted by molar-refractivity contribution is 5.97. The summed E-state index contributed by atoms with van der Waals surface area (Å²) < 4.78 is 5.44. The smallest absolute Gasteiger partial charge is 0.321 e. The predicted molar refractivity (Wildman–Crippen MR) is 124 cm³/mol. The lowest BCUT2D eigenvalue weighted by molar-refractivity contribution is -0.123. The summed E-state index contributed by atoms with van der Waals surface area (Å²) in [5, 5.41) is 5.92. The molecule has 2 aliphatic heterocycles. The van der Waals surface area contributed by atoms with Crippen LogP contribution in [0.25, 0.3) is 0 Å². The first kappa shape index (κ1) is 23.8. The first-order valence-corrected chi connectivity index (χ1v) is 11.5. The standard InChI is InChI=1S/C23H35N5O4/c1-4-17(2)24-21(29)16-26-11-13-27(14-12-26)23(31)25-18-8-9-20(32-3)19(15-18)28-10-6-5-7-22(28)30/h8-9,15,17H,4-7,10-14,16H2,1-3H3,(H,24,29)(H,25,31). The Balaban J connectivity index is 1.55. The number of hydrogen-bond acceptors (Lipinski definition) is 5. The van der Waals surface area contributed by atoms with Gasteiger partial charge in [-0.3, -0.25) is 14.5 Å². The minimum Gasteiger partial charge on any atom is -0.495 e. The summed E-state index contributed by atoms with van der Waals surface area (Å²) in [6.07, 6.45) is 3.28. The molecule has 176 valence electrons. The lowest BCUT2D eigenvalue weighted by Gasteiger charge is -2.34. The van der Waals surface area contributed by atoms with E-state index in [1.165, 1.54) is 0 Å². The van der Waals surface area contributed by atoms with Gasteiger partial charge in [0.2, 0.25) is 11.8 Å². The molecule has 3 rings (SSSR count). The normalized spacial score (nSPS) is 18.3. The van der Waals surface area contributed by atoms with E-state index in [4.69, 9.17) is 4.74 Å². The maximum atomic E-state index is 12.8. The molecule has 4 amide bonds. The van der Waals surface area contributed by atoms with Gasteiger partial charge in [0.15, 0.2) is 0 Å². The number of ether oxygens (including phenoxy) is 1. The van der Waals surface area contributed by atoms with Gasteiger partial charge in [-0.2, -0.15) is 0 Å². The summed E-state index contributed by atoms with van der Waals surface area (Å²) >= 11 is 0. The Morgan fingerprint density at radius 3 is 2.53 bits per heavy atom. The van der Waals surface area contributed by atoms with Gasteiger partial charge >= 0.3 is 6.03 Å². The largest absolute Gasteiger partial charge is 0.495 e. The van der Waals surface area contributed by atoms with Crippen molar-refractivity contribution in [1.82, 2.24) is 15.1 Å². The highest BCUT2D eigenvalue weighted by Gasteiger charge is 2.25. The van der Waals surface area contributed by atoms with Crippen molar-refractivity contribution < 1.29 is 19.1 Å². The van der Waals surface area contributed by atoms with E-state index in [9.17, 15) is 14.4 Å². The molecule has 0 aromatic heterocycles. The number of hydrogen-bond donors (Lipinski definition) is 2. The summed E-state index contributed by atoms with van der Waals surface area (Å²) in [5.74, 6) is 0.712. The second kappa shape index (κ2) is 11.2. The van der Waals surface area contributed by atoms with Crippen molar-refractivity contribution in [3.8, 4) is 5.75 Å². The summed E-state index contributed by atoms with van der Waals surface area (Å²) in [6, 6.07) is 5.35. The molecule has 0 bridgehead atoms. The van der Waals surface area contributed by atoms with Crippen molar-refractivity contribution in [3.05, 3.63) is 18.2 Å². The molecule has 1 aromatic carbocycles. The number of carbonyl (C=O) groups is 3. The molecule has 1 unspecified atom stereocenters. The van der Waals surface area contributed by atoms with Crippen LogP contribution in [-0.4, -0.2) is 80.1 Å². The zero-order chi connectivity index (χ0) is 23.1. The molecular weight excluding hydrogens is 410 g/mol. The maximum absolute atomic E-state index is 12.8. The first-order valence-electron chi connectivity index (χ1n) is 11.5. The summed E-state index contributed by atoms with van der Waals surface area (Å²) in [4.78, 5) is 42.8. The Bertz CT molecular complexity index is 823. The molecule has 2 aliphatic rings. The average Bonchev–Trinajstić information content (AvgIpc) is 2.79. The SMILES string of the molecule is CCC(C)NC(=O)CN1CCN(C(=O)Nc2ccc(OC)c(N3CCCCC3=O)c2)CC1. The minimum atomic E-state index is -0.185. The van der Waals surface area contributed by atoms with Gasteiger partial charge < -0.3 is 25.2 Å². The number of methoxy groups -OCH3 is 1. The van der Waals surface area contributed by atoms with Crippen LogP contribution in [0.15, 0.2) is 18.2 Å². The molecule has 1 atom stereocenters. The number of piperidine rings is 1. The molecule has 2 fully saturated rings. The number of carbonyl (C=O) groups excluding carboxylic acids is 3. The van der Waals surface area contributed by atoms with Gasteiger partial charge in [0.1, 0.15) is 5.75 Å². The highest BCUT2D eigenvalue weighted by Crippen LogP contribution is 2.33. The molecule has 0 saturated carbocycles. The second-order valence-electron chi connectivity index (χ2n) is 8.46. The third kappa shape index (κ3) is 6.12. The lowest BCUT2D eigenvalue weighted by atomic mass is 10.1. The fourth-order valence-electron chi connectivity index (χ4n) is 3.98. The fraction of sp³-hybridized carbons (Fsp3) is 0.609. The quantitative estimate of drug-likeness (QED) is 0.672. The molecule has 2 saturated heterocycles. The number of nitrogens with zero attached hydrogens (tertiary/aromatic N) is 3. The van der Waals surface area contributed by atoms with Gasteiger partial charge in [0, 0.05) is 50.9 Å². The van der Waals surface area contributed by atoms with Crippen molar-refractivity contribution in [1.29, 1.82) is 0 Å². The van der Waals surface area contributed by atoms with E-state index < -0.39 is 0 Å². The average molecular weight is 446 g/mol. The van der Waals surface area contributed by atoms with Crippen molar-refractivity contribution in [3.63, 3.8) is 0 Å². The van der Waals surface area contributed by atoms with Crippen molar-refractivity contribution in [2.24, 2.45) is 0 Å². The number of urea groups is 1. The monoisotopic (exact) mass is 445 g/mol. The van der Waals surface area contributed by atoms with Gasteiger partial charge in [-0.15, -0.1) is 0 Å². The molecule has 0 radical (unpaired) electrons. The lowest BCUT2D eigenvalue weighted by Crippen LogP contribution is -2.52. The Hall–Kier alpha value is -2.81. The van der Waals surface area contributed by atoms with Crippen LogP contribution in [0, 0.1) is 0 Å². The number of nitrogens with one attached hydrogen (secondary N) is 2. The fourth-order valence-corrected chi connectivity index (χ4v) is 3.98. The Labute approximate surface area is 190 Å². The number of piperazine rings is 1. The summed E-state index contributed by atoms with van der Waals surface area (Å²) in [5.41, 5.74) is 1.31. The van der Waals surface area contributed by atoms with E-state index in [0.717, 1.165) is 19.3 Å². The van der Waals surface area contributed by atoms with Crippen LogP contribution in [0.1, 0.15) is 39.5 Å². The molecule has 2 N–H and O–H groups in total. The number of rotatable bonds is 7. The minimum absolute atomic E-state index is 0.0234. The Morgan fingerprint density at radius 2 is 1.88 bits per heavy atom. The second-order valence-corrected chi connectivity index (χ2v) is 8.46. The van der Waals surface area contributed by atoms with Crippen molar-refractivity contribution in [2.75, 3.05) is 56.6 Å². The molecule has 0 aliphatic carbocycles. The topological polar surface area (TPSA) is 94.2 Å². The maximum Gasteiger partial charge on any atom is 0.321 e. The highest BCUT2D eigenvalue weighted by atomic mass is 16.5. The molecular formula is C23H35N5O4. The van der Waals surface area contributed by atoms with Crippen LogP contribution in [0.2, 0.25) is 0 Å². The van der Waals surface area contributed by atoms with Crippen LogP contribution in [0.3, 0.4) is 0 Å². The van der Waals surface area contributed by atoms with Crippen LogP contribution in [-0.2, 0) is 9.59 Å². The third-order valence-corrected chi connectivity index (χ3v) is 6.09. The predicted octanol–water partition coefficient (Wildman–Crippen LogP) is 2.28. The van der Waals surface area contributed by atoms with Crippen molar-refractivity contribution >= 4 is 29.2 Å². The molecule has 1 aromatic rings. The van der Waals surface area contributed by atoms with Gasteiger partial charge in [-0.25, -0.2) is 4.79 Å². The van der Waals surface area contributed by atoms with Gasteiger partial charge in [0.05, 0.1) is 19.3 Å². The van der Waals surface area contributed by atoms with E-state index in [-0.39, 0.29) is 23.9 Å². The van der Waals surface area contributed by atoms with E-state index in [2.05, 4.69) is 15.5 Å². The van der Waals surface area contributed by atoms with E-state index >= 15 is 0 Å². The third-order valence-electron chi connectivity index (χ3n) is 6.09. The number of benzene rings is 1. The van der Waals surface area contributed by atoms with Gasteiger partial charge in [-0.05, 0) is 44.4 Å². The van der Waals surface area contributed by atoms with Crippen LogP contribution in [0.5, 0.6) is 5.75 Å². The molecule has 0 spiro atoms. The molecule has 32 heavy (non-hydrogen) atoms. The van der Waals surface area contributed by atoms with Crippen LogP contribution < -0.4 is 20.3 Å². The zero-order valence-corrected chi connectivity index (χ0v) is 19.4. The number of amides is 4. The van der Waals surface area contributed by atoms with Gasteiger partial charge in [-0.1, -0.05) is 6.92 Å². The number of anilines is 2. The van der Waals surface area contributed by atoms with E-state index in [1.54, 1.807) is 35.1 Å². The molecule has 9 heteroatoms. The van der Waals surface area contributed by atoms with E-state index in [0.29, 0.717) is 62.8 Å². The Kier molecular flexibility index (Phi) is 8.33. The summed E-state index contributed by atoms with van der Waals surface area (Å²) in [7, 11) is 1.58. The zero-order valence-electron chi connectivity index (χ0n) is 19.4. The Morgan fingerprint density at radius 1 is 1.12 bits per heavy atom.